The summed E-state index contributed by atoms with van der Waals surface area (Å²) in [7, 11) is 0. The first kappa shape index (κ1) is 18.7. The predicted octanol–water partition coefficient (Wildman–Crippen LogP) is 7.12. The Labute approximate surface area is 185 Å². The first-order valence-electron chi connectivity index (χ1n) is 11.0. The standard InChI is InChI=1S/C30H24Ge/c1-31(2,29-25-15-7-3-11-21(25)19-22-12-4-8-16-26(22)29)30-27-17-9-5-13-23(27)20-24-14-6-10-18-28(24)30/h3-20H,1-2H3. The number of hydrogen-bond donors (Lipinski definition) is 0. The topological polar surface area (TPSA) is 0 Å². The van der Waals surface area contributed by atoms with Crippen LogP contribution in [0.1, 0.15) is 0 Å². The maximum absolute atomic E-state index is 2.79. The van der Waals surface area contributed by atoms with Crippen LogP contribution >= 0.6 is 0 Å². The summed E-state index contributed by atoms with van der Waals surface area (Å²) < 4.78 is 3.19. The van der Waals surface area contributed by atoms with Gasteiger partial charge in [0.1, 0.15) is 0 Å². The van der Waals surface area contributed by atoms with E-state index in [4.69, 9.17) is 0 Å². The van der Waals surface area contributed by atoms with Crippen molar-refractivity contribution in [3.63, 3.8) is 0 Å². The molecular formula is C30H24Ge. The molecule has 0 fully saturated rings. The van der Waals surface area contributed by atoms with Crippen LogP contribution in [0.3, 0.4) is 0 Å². The molecule has 6 aromatic carbocycles. The molecule has 0 radical (unpaired) electrons. The van der Waals surface area contributed by atoms with Crippen LogP contribution in [0.2, 0.25) is 11.5 Å². The monoisotopic (exact) mass is 458 g/mol. The van der Waals surface area contributed by atoms with Crippen molar-refractivity contribution in [1.29, 1.82) is 0 Å². The van der Waals surface area contributed by atoms with Crippen LogP contribution in [0.15, 0.2) is 109 Å². The van der Waals surface area contributed by atoms with Gasteiger partial charge in [0.05, 0.1) is 0 Å². The molecule has 148 valence electrons. The second kappa shape index (κ2) is 6.97. The molecule has 1 heteroatoms. The summed E-state index contributed by atoms with van der Waals surface area (Å²) in [4.78, 5) is 0. The summed E-state index contributed by atoms with van der Waals surface area (Å²) in [6.45, 7) is 0. The predicted molar refractivity (Wildman–Crippen MR) is 140 cm³/mol. The van der Waals surface area contributed by atoms with E-state index in [9.17, 15) is 0 Å². The van der Waals surface area contributed by atoms with E-state index in [1.54, 1.807) is 8.79 Å². The summed E-state index contributed by atoms with van der Waals surface area (Å²) in [5, 5.41) is 11.1. The number of rotatable bonds is 2. The zero-order valence-corrected chi connectivity index (χ0v) is 20.0. The fourth-order valence-electron chi connectivity index (χ4n) is 5.50. The first-order valence-corrected chi connectivity index (χ1v) is 17.3. The van der Waals surface area contributed by atoms with Crippen LogP contribution < -0.4 is 8.79 Å². The molecule has 31 heavy (non-hydrogen) atoms. The second-order valence-corrected chi connectivity index (χ2v) is 17.9. The van der Waals surface area contributed by atoms with Gasteiger partial charge in [0, 0.05) is 0 Å². The van der Waals surface area contributed by atoms with Crippen LogP contribution in [-0.4, -0.2) is 13.3 Å². The molecule has 0 saturated heterocycles. The van der Waals surface area contributed by atoms with Crippen molar-refractivity contribution in [3.05, 3.63) is 109 Å². The van der Waals surface area contributed by atoms with Gasteiger partial charge in [-0.1, -0.05) is 0 Å². The third-order valence-corrected chi connectivity index (χ3v) is 14.3. The third kappa shape index (κ3) is 2.82. The van der Waals surface area contributed by atoms with Gasteiger partial charge in [-0.3, -0.25) is 0 Å². The van der Waals surface area contributed by atoms with Gasteiger partial charge in [-0.2, -0.15) is 0 Å². The summed E-state index contributed by atoms with van der Waals surface area (Å²) in [5.74, 6) is 5.17. The van der Waals surface area contributed by atoms with E-state index in [1.165, 1.54) is 43.1 Å². The summed E-state index contributed by atoms with van der Waals surface area (Å²) >= 11 is -2.79. The zero-order valence-electron chi connectivity index (χ0n) is 17.9. The first-order chi connectivity index (χ1) is 15.1. The second-order valence-electron chi connectivity index (χ2n) is 9.01. The Balaban J connectivity index is 1.83. The number of fused-ring (bicyclic) bond motifs is 4. The minimum atomic E-state index is -2.79. The average molecular weight is 457 g/mol. The summed E-state index contributed by atoms with van der Waals surface area (Å²) in [6.07, 6.45) is 0. The Morgan fingerprint density at radius 1 is 0.387 bits per heavy atom. The van der Waals surface area contributed by atoms with E-state index in [0.29, 0.717) is 0 Å². The average Bonchev–Trinajstić information content (AvgIpc) is 2.80. The van der Waals surface area contributed by atoms with Gasteiger partial charge in [0.25, 0.3) is 0 Å². The van der Waals surface area contributed by atoms with Gasteiger partial charge in [-0.25, -0.2) is 0 Å². The molecule has 0 heterocycles. The third-order valence-electron chi connectivity index (χ3n) is 6.79. The molecule has 0 aliphatic heterocycles. The zero-order chi connectivity index (χ0) is 21.0. The molecule has 0 unspecified atom stereocenters. The summed E-state index contributed by atoms with van der Waals surface area (Å²) in [5.41, 5.74) is 0. The van der Waals surface area contributed by atoms with Gasteiger partial charge >= 0.3 is 186 Å². The Bertz CT molecular complexity index is 1380. The molecule has 0 aliphatic carbocycles. The fourth-order valence-corrected chi connectivity index (χ4v) is 13.6. The van der Waals surface area contributed by atoms with E-state index < -0.39 is 13.3 Å². The maximum atomic E-state index is 2.59. The summed E-state index contributed by atoms with van der Waals surface area (Å²) in [6, 6.07) is 40.5. The van der Waals surface area contributed by atoms with Gasteiger partial charge in [-0.05, 0) is 0 Å². The molecule has 0 nitrogen and oxygen atoms in total. The Hall–Kier alpha value is -3.10. The fraction of sp³-hybridized carbons (Fsp3) is 0.0667. The normalized spacial score (nSPS) is 12.2. The molecule has 0 aromatic heterocycles. The minimum absolute atomic E-state index is 1.35. The van der Waals surface area contributed by atoms with Crippen LogP contribution in [0, 0.1) is 0 Å². The quantitative estimate of drug-likeness (QED) is 0.192. The van der Waals surface area contributed by atoms with Gasteiger partial charge in [0.2, 0.25) is 0 Å². The van der Waals surface area contributed by atoms with Crippen LogP contribution in [0.5, 0.6) is 0 Å². The number of hydrogen-bond acceptors (Lipinski definition) is 0. The van der Waals surface area contributed by atoms with Gasteiger partial charge in [0.15, 0.2) is 0 Å². The molecule has 0 spiro atoms. The van der Waals surface area contributed by atoms with Crippen LogP contribution in [-0.2, 0) is 0 Å². The molecule has 0 amide bonds. The molecule has 0 N–H and O–H groups in total. The van der Waals surface area contributed by atoms with Crippen LogP contribution in [0.25, 0.3) is 43.1 Å². The Morgan fingerprint density at radius 2 is 0.645 bits per heavy atom. The Morgan fingerprint density at radius 3 is 0.935 bits per heavy atom. The van der Waals surface area contributed by atoms with Crippen molar-refractivity contribution < 1.29 is 0 Å². The van der Waals surface area contributed by atoms with E-state index in [2.05, 4.69) is 121 Å². The van der Waals surface area contributed by atoms with E-state index in [0.717, 1.165) is 0 Å². The molecule has 0 aliphatic rings. The van der Waals surface area contributed by atoms with E-state index >= 15 is 0 Å². The van der Waals surface area contributed by atoms with Crippen molar-refractivity contribution in [3.8, 4) is 0 Å². The molecular weight excluding hydrogens is 433 g/mol. The van der Waals surface area contributed by atoms with Crippen molar-refractivity contribution in [2.75, 3.05) is 0 Å². The molecule has 6 rings (SSSR count). The van der Waals surface area contributed by atoms with Gasteiger partial charge < -0.3 is 0 Å². The molecule has 0 atom stereocenters. The molecule has 6 aromatic rings. The van der Waals surface area contributed by atoms with E-state index in [-0.39, 0.29) is 0 Å². The SMILES string of the molecule is [CH3][Ge]([CH3])([c]1c2ccccc2cc2ccccc12)[c]1c2ccccc2cc2ccccc12. The molecule has 0 saturated carbocycles. The number of benzene rings is 6. The Kier molecular flexibility index (Phi) is 4.19. The van der Waals surface area contributed by atoms with Crippen molar-refractivity contribution >= 4 is 65.1 Å². The van der Waals surface area contributed by atoms with Crippen molar-refractivity contribution in [2.24, 2.45) is 0 Å². The van der Waals surface area contributed by atoms with E-state index in [1.807, 2.05) is 0 Å². The van der Waals surface area contributed by atoms with Crippen molar-refractivity contribution in [1.82, 2.24) is 0 Å². The van der Waals surface area contributed by atoms with Gasteiger partial charge in [-0.15, -0.1) is 0 Å². The van der Waals surface area contributed by atoms with Crippen molar-refractivity contribution in [2.45, 2.75) is 11.5 Å². The van der Waals surface area contributed by atoms with Crippen LogP contribution in [0.4, 0.5) is 0 Å². The molecule has 0 bridgehead atoms.